The van der Waals surface area contributed by atoms with E-state index in [2.05, 4.69) is 0 Å². The molecule has 0 aliphatic carbocycles. The topological polar surface area (TPSA) is 544 Å². The molecular weight excluding hydrogens is 1100 g/mol. The van der Waals surface area contributed by atoms with Gasteiger partial charge in [-0.3, -0.25) is 5.32 Å². The van der Waals surface area contributed by atoms with Gasteiger partial charge in [-0.25, -0.2) is 0 Å². The Labute approximate surface area is 674 Å². The van der Waals surface area contributed by atoms with Gasteiger partial charge >= 0.3 is 473 Å². The fourth-order valence-corrected chi connectivity index (χ4v) is 15.2. The van der Waals surface area contributed by atoms with Crippen molar-refractivity contribution in [3.8, 4) is 0 Å². The van der Waals surface area contributed by atoms with E-state index in [1.807, 2.05) is 0 Å². The van der Waals surface area contributed by atoms with Gasteiger partial charge in [-0.2, -0.15) is 0 Å². The maximum atomic E-state index is 11.8. The van der Waals surface area contributed by atoms with Crippen molar-refractivity contribution in [1.29, 1.82) is 0 Å². The first-order valence-corrected chi connectivity index (χ1v) is 21.4. The van der Waals surface area contributed by atoms with Crippen molar-refractivity contribution >= 4 is 60.8 Å². The molecule has 56 heavy (non-hydrogen) atoms. The Morgan fingerprint density at radius 3 is 0.589 bits per heavy atom. The van der Waals surface area contributed by atoms with E-state index in [9.17, 15) is 115 Å². The van der Waals surface area contributed by atoms with Crippen LogP contribution in [0.5, 0.6) is 0 Å². The Morgan fingerprint density at radius 1 is 0.321 bits per heavy atom. The molecule has 0 saturated carbocycles. The van der Waals surface area contributed by atoms with Gasteiger partial charge < -0.3 is 121 Å². The smallest absolute Gasteiger partial charge is 0.810 e. The number of hydrogen-bond acceptors (Lipinski definition) is 26. The van der Waals surface area contributed by atoms with Gasteiger partial charge in [0.25, 0.3) is 0 Å². The molecule has 1 atom stereocenters. The Hall–Kier alpha value is 17.1. The molecule has 242 valence electrons. The second kappa shape index (κ2) is 48.1. The second-order valence-electron chi connectivity index (χ2n) is 7.46. The summed E-state index contributed by atoms with van der Waals surface area (Å²) in [4.78, 5) is 186. The van der Waals surface area contributed by atoms with Gasteiger partial charge in [0.2, 0.25) is 0 Å². The third kappa shape index (κ3) is 41.2. The zero-order valence-corrected chi connectivity index (χ0v) is 73.0. The minimum absolute atomic E-state index is 0. The van der Waals surface area contributed by atoms with Gasteiger partial charge in [-0.1, -0.05) is 45.6 Å². The van der Waals surface area contributed by atoms with E-state index in [0.29, 0.717) is 0 Å². The van der Waals surface area contributed by atoms with E-state index in [4.69, 9.17) is 5.73 Å². The van der Waals surface area contributed by atoms with E-state index >= 15 is 0 Å². The Balaban J connectivity index is -0.0000000634. The molecule has 0 aliphatic rings. The SMILES string of the molecule is NC(C(P(=O)([O-])[O-])P(=O)([O-])[O-])C(NC(P(=O)([O-])[O-])P(=O)([O-])[O-])(C(P(=O)([O-])[O-])P(=O)([O-])[O-])C(P(=O)([O-])[O-])P(=O)([O-])[O-].[Na+].[Na+].[Na+].[Na+].[Na+].[Na+].[Na+].[Na+].[Na+].[Na+].[Na+].[Na+].[Na+].[Na+].[Na+].[Na+]. The molecule has 0 saturated heterocycles. The van der Waals surface area contributed by atoms with E-state index in [-0.39, 0.29) is 478 Å². The van der Waals surface area contributed by atoms with Crippen molar-refractivity contribution in [2.24, 2.45) is 5.73 Å². The minimum atomic E-state index is -8.07. The van der Waals surface area contributed by atoms with E-state index in [0.717, 1.165) is 0 Å². The average molecular weight is 1110 g/mol. The molecule has 3 N–H and O–H groups in total. The van der Waals surface area contributed by atoms with Gasteiger partial charge in [0, 0.05) is 22.2 Å². The molecule has 0 rings (SSSR count). The molecule has 1 unspecified atom stereocenters. The molecule has 0 amide bonds. The molecule has 0 radical (unpaired) electrons. The van der Waals surface area contributed by atoms with Crippen molar-refractivity contribution in [2.75, 3.05) is 0 Å². The summed E-state index contributed by atoms with van der Waals surface area (Å²) in [6.45, 7) is 0. The third-order valence-electron chi connectivity index (χ3n) is 4.55. The summed E-state index contributed by atoms with van der Waals surface area (Å²) >= 11 is 0. The first kappa shape index (κ1) is 121. The minimum Gasteiger partial charge on any atom is -0.810 e. The van der Waals surface area contributed by atoms with Gasteiger partial charge in [-0.05, 0) is 15.2 Å². The Morgan fingerprint density at radius 2 is 0.482 bits per heavy atom. The molecule has 0 aromatic heterocycles. The molecule has 0 aromatic rings. The van der Waals surface area contributed by atoms with Crippen LogP contribution < -0.4 is 562 Å². The fraction of sp³-hybridized carbons (Fsp3) is 1.00. The number of rotatable bonds is 14. The molecule has 0 spiro atoms. The molecule has 26 nitrogen and oxygen atoms in total. The first-order chi connectivity index (χ1) is 16.8. The summed E-state index contributed by atoms with van der Waals surface area (Å²) in [6, 6.07) is -4.94. The summed E-state index contributed by atoms with van der Waals surface area (Å²) in [5.41, 5.74) is -6.45. The van der Waals surface area contributed by atoms with Gasteiger partial charge in [0.15, 0.2) is 0 Å². The normalized spacial score (nSPS) is 12.0. The maximum absolute atomic E-state index is 11.8. The van der Waals surface area contributed by atoms with Crippen LogP contribution in [0.25, 0.3) is 0 Å². The van der Waals surface area contributed by atoms with Crippen LogP contribution in [0.4, 0.5) is 0 Å². The standard InChI is InChI=1S/C6H24N2O24P8.16Na/c7-1(2(33(9,10)11)34(12,13)14)6(3(35(15,16)17)36(18,19)20,4(37(21,22)23)38(24,25)26)8-5(39(27,28)29)40(30,31)32;;;;;;;;;;;;;;;;/h1-5,8H,7H2,(H2,9,10,11)(H2,12,13,14)(H2,15,16,17)(H2,18,19,20)(H2,21,22,23)(H2,24,25,26)(H2,27,28,29)(H2,30,31,32);;;;;;;;;;;;;;;;/q;16*+1/p-16. The molecule has 0 heterocycles. The second-order valence-corrected chi connectivity index (χ2v) is 21.9. The van der Waals surface area contributed by atoms with Crippen molar-refractivity contribution in [3.63, 3.8) is 0 Å². The third-order valence-corrected chi connectivity index (χ3v) is 18.8. The van der Waals surface area contributed by atoms with Crippen LogP contribution >= 0.6 is 60.8 Å². The van der Waals surface area contributed by atoms with Crippen LogP contribution in [-0.2, 0) is 36.5 Å². The summed E-state index contributed by atoms with van der Waals surface area (Å²) in [5.74, 6) is 0. The first-order valence-electron chi connectivity index (χ1n) is 8.52. The summed E-state index contributed by atoms with van der Waals surface area (Å²) in [5, 5.41) is -16.3. The van der Waals surface area contributed by atoms with Gasteiger partial charge in [0.1, 0.15) is 0 Å². The van der Waals surface area contributed by atoms with Crippen LogP contribution in [0.3, 0.4) is 0 Å². The predicted molar refractivity (Wildman–Crippen MR) is 89.8 cm³/mol. The number of nitrogens with one attached hydrogen (secondary N) is 1. The van der Waals surface area contributed by atoms with Gasteiger partial charge in [0.05, 0.1) is 11.1 Å². The summed E-state index contributed by atoms with van der Waals surface area (Å²) in [6.07, 6.45) is 0. The van der Waals surface area contributed by atoms with Crippen LogP contribution in [0, 0.1) is 0 Å². The number of hydrogen-bond donors (Lipinski definition) is 2. The van der Waals surface area contributed by atoms with Crippen molar-refractivity contribution in [1.82, 2.24) is 5.32 Å². The zero-order chi connectivity index (χ0) is 33.1. The van der Waals surface area contributed by atoms with Crippen LogP contribution in [0.2, 0.25) is 0 Å². The van der Waals surface area contributed by atoms with E-state index in [1.165, 1.54) is 0 Å². The Kier molecular flexibility index (Phi) is 104. The quantitative estimate of drug-likeness (QED) is 0.120. The zero-order valence-electron chi connectivity index (χ0n) is 33.8. The van der Waals surface area contributed by atoms with Crippen molar-refractivity contribution < 1.29 is 588 Å². The van der Waals surface area contributed by atoms with Crippen LogP contribution in [0.1, 0.15) is 0 Å². The molecule has 0 bridgehead atoms. The maximum Gasteiger partial charge on any atom is 1.00 e. The largest absolute Gasteiger partial charge is 1.00 e. The summed E-state index contributed by atoms with van der Waals surface area (Å²) in [7, 11) is -62.8. The molecule has 0 aliphatic heterocycles. The monoisotopic (exact) mass is 1110 g/mol. The summed E-state index contributed by atoms with van der Waals surface area (Å²) < 4.78 is 93.1. The van der Waals surface area contributed by atoms with Gasteiger partial charge in [-0.15, -0.1) is 0 Å². The van der Waals surface area contributed by atoms with E-state index in [1.54, 1.807) is 0 Å². The van der Waals surface area contributed by atoms with Crippen molar-refractivity contribution in [2.45, 2.75) is 33.3 Å². The van der Waals surface area contributed by atoms with Crippen LogP contribution in [-0.4, -0.2) is 33.3 Å². The average Bonchev–Trinajstić information content (AvgIpc) is 2.48. The van der Waals surface area contributed by atoms with E-state index < -0.39 is 94.1 Å². The van der Waals surface area contributed by atoms with Crippen LogP contribution in [0.15, 0.2) is 0 Å². The fourth-order valence-electron chi connectivity index (χ4n) is 3.48. The molecule has 0 aromatic carbocycles. The predicted octanol–water partition coefficient (Wildman–Crippen LogP) is -62.7. The Bertz CT molecular complexity index is 1240. The molecule has 50 heteroatoms. The van der Waals surface area contributed by atoms with Crippen molar-refractivity contribution in [3.05, 3.63) is 0 Å². The molecule has 0 fully saturated rings. The molecular formula is C6H8N2Na16O24P8. The number of nitrogens with two attached hydrogens (primary N) is 1.